The highest BCUT2D eigenvalue weighted by atomic mass is 16.5. The fraction of sp³-hybridized carbons (Fsp3) is 0.600. The van der Waals surface area contributed by atoms with E-state index in [9.17, 15) is 0 Å². The number of hydrogen-bond donors (Lipinski definition) is 0. The molecule has 3 heterocycles. The molecule has 4 rings (SSSR count). The van der Waals surface area contributed by atoms with Gasteiger partial charge in [-0.1, -0.05) is 20.3 Å². The van der Waals surface area contributed by atoms with Crippen molar-refractivity contribution in [3.8, 4) is 5.75 Å². The third-order valence-corrected chi connectivity index (χ3v) is 6.01. The monoisotopic (exact) mass is 313 g/mol. The van der Waals surface area contributed by atoms with E-state index in [0.29, 0.717) is 12.1 Å². The van der Waals surface area contributed by atoms with Gasteiger partial charge in [0.1, 0.15) is 17.1 Å². The maximum Gasteiger partial charge on any atom is 0.134 e. The molecule has 0 bridgehead atoms. The zero-order valence-corrected chi connectivity index (χ0v) is 14.5. The van der Waals surface area contributed by atoms with Gasteiger partial charge < -0.3 is 9.15 Å². The van der Waals surface area contributed by atoms with Gasteiger partial charge in [-0.25, -0.2) is 0 Å². The third-order valence-electron chi connectivity index (χ3n) is 6.01. The van der Waals surface area contributed by atoms with Crippen LogP contribution >= 0.6 is 0 Å². The SMILES string of the molecule is CCC1CC[C@H]2c3oc4ccc(OC)cc4c3C[C@@H](CC)N2C1. The normalized spacial score (nSPS) is 27.7. The van der Waals surface area contributed by atoms with Gasteiger partial charge in [-0.2, -0.15) is 0 Å². The molecule has 1 fully saturated rings. The van der Waals surface area contributed by atoms with Crippen LogP contribution in [0.4, 0.5) is 0 Å². The summed E-state index contributed by atoms with van der Waals surface area (Å²) in [5.74, 6) is 3.00. The molecule has 1 unspecified atom stereocenters. The van der Waals surface area contributed by atoms with Crippen LogP contribution in [0.3, 0.4) is 0 Å². The highest BCUT2D eigenvalue weighted by molar-refractivity contribution is 5.84. The van der Waals surface area contributed by atoms with E-state index in [4.69, 9.17) is 9.15 Å². The van der Waals surface area contributed by atoms with Gasteiger partial charge in [-0.15, -0.1) is 0 Å². The van der Waals surface area contributed by atoms with E-state index < -0.39 is 0 Å². The smallest absolute Gasteiger partial charge is 0.134 e. The highest BCUT2D eigenvalue weighted by Crippen LogP contribution is 2.46. The van der Waals surface area contributed by atoms with Crippen LogP contribution in [0.2, 0.25) is 0 Å². The average molecular weight is 313 g/mol. The molecule has 3 heteroatoms. The summed E-state index contributed by atoms with van der Waals surface area (Å²) in [6, 6.07) is 7.34. The Morgan fingerprint density at radius 1 is 1.22 bits per heavy atom. The molecule has 3 atom stereocenters. The van der Waals surface area contributed by atoms with Crippen molar-refractivity contribution in [3.05, 3.63) is 29.5 Å². The summed E-state index contributed by atoms with van der Waals surface area (Å²) >= 11 is 0. The number of methoxy groups -OCH3 is 1. The van der Waals surface area contributed by atoms with Crippen LogP contribution in [0.15, 0.2) is 22.6 Å². The number of fused-ring (bicyclic) bond motifs is 5. The van der Waals surface area contributed by atoms with Crippen molar-refractivity contribution in [2.45, 2.75) is 58.0 Å². The minimum atomic E-state index is 0.477. The zero-order valence-electron chi connectivity index (χ0n) is 14.5. The van der Waals surface area contributed by atoms with Crippen LogP contribution in [-0.4, -0.2) is 24.6 Å². The lowest BCUT2D eigenvalue weighted by Crippen LogP contribution is -2.48. The topological polar surface area (TPSA) is 25.6 Å². The van der Waals surface area contributed by atoms with Crippen LogP contribution < -0.4 is 4.74 Å². The number of furan rings is 1. The van der Waals surface area contributed by atoms with Gasteiger partial charge in [0.15, 0.2) is 0 Å². The van der Waals surface area contributed by atoms with Crippen molar-refractivity contribution in [1.29, 1.82) is 0 Å². The van der Waals surface area contributed by atoms with Gasteiger partial charge in [0.25, 0.3) is 0 Å². The van der Waals surface area contributed by atoms with E-state index in [1.54, 1.807) is 7.11 Å². The second-order valence-electron chi connectivity index (χ2n) is 7.14. The molecule has 1 saturated heterocycles. The maximum absolute atomic E-state index is 6.32. The molecule has 0 N–H and O–H groups in total. The highest BCUT2D eigenvalue weighted by Gasteiger charge is 2.40. The molecule has 0 saturated carbocycles. The molecule has 0 amide bonds. The van der Waals surface area contributed by atoms with E-state index in [1.807, 2.05) is 6.07 Å². The number of benzene rings is 1. The van der Waals surface area contributed by atoms with Crippen LogP contribution in [0.25, 0.3) is 11.0 Å². The molecule has 23 heavy (non-hydrogen) atoms. The molecule has 0 radical (unpaired) electrons. The fourth-order valence-electron chi connectivity index (χ4n) is 4.58. The summed E-state index contributed by atoms with van der Waals surface area (Å²) in [7, 11) is 1.73. The van der Waals surface area contributed by atoms with E-state index in [2.05, 4.69) is 30.9 Å². The number of hydrogen-bond acceptors (Lipinski definition) is 3. The van der Waals surface area contributed by atoms with Crippen molar-refractivity contribution in [2.75, 3.05) is 13.7 Å². The molecule has 2 aliphatic rings. The molecule has 2 aromatic rings. The second-order valence-corrected chi connectivity index (χ2v) is 7.14. The second kappa shape index (κ2) is 5.86. The first kappa shape index (κ1) is 15.1. The first-order valence-electron chi connectivity index (χ1n) is 9.10. The Hall–Kier alpha value is -1.48. The lowest BCUT2D eigenvalue weighted by molar-refractivity contribution is 0.0357. The van der Waals surface area contributed by atoms with Crippen molar-refractivity contribution in [1.82, 2.24) is 4.90 Å². The van der Waals surface area contributed by atoms with Crippen molar-refractivity contribution < 1.29 is 9.15 Å². The molecule has 0 spiro atoms. The first-order valence-corrected chi connectivity index (χ1v) is 9.10. The average Bonchev–Trinajstić information content (AvgIpc) is 2.98. The van der Waals surface area contributed by atoms with Gasteiger partial charge in [0.2, 0.25) is 0 Å². The van der Waals surface area contributed by atoms with Gasteiger partial charge in [0.05, 0.1) is 13.2 Å². The molecule has 3 nitrogen and oxygen atoms in total. The van der Waals surface area contributed by atoms with Crippen LogP contribution in [0.1, 0.15) is 56.9 Å². The minimum Gasteiger partial charge on any atom is -0.497 e. The number of piperidine rings is 1. The van der Waals surface area contributed by atoms with Crippen LogP contribution in [0, 0.1) is 5.92 Å². The Kier molecular flexibility index (Phi) is 3.84. The largest absolute Gasteiger partial charge is 0.497 e. The zero-order chi connectivity index (χ0) is 16.0. The van der Waals surface area contributed by atoms with Gasteiger partial charge in [-0.05, 0) is 49.8 Å². The summed E-state index contributed by atoms with van der Waals surface area (Å²) in [4.78, 5) is 2.74. The molecule has 1 aromatic carbocycles. The van der Waals surface area contributed by atoms with Crippen LogP contribution in [0.5, 0.6) is 5.75 Å². The molecule has 0 aliphatic carbocycles. The quantitative estimate of drug-likeness (QED) is 0.802. The lowest BCUT2D eigenvalue weighted by Gasteiger charge is -2.46. The van der Waals surface area contributed by atoms with Gasteiger partial charge in [-0.3, -0.25) is 4.90 Å². The third kappa shape index (κ3) is 2.37. The summed E-state index contributed by atoms with van der Waals surface area (Å²) in [6.45, 7) is 5.89. The Morgan fingerprint density at radius 2 is 2.09 bits per heavy atom. The van der Waals surface area contributed by atoms with Crippen molar-refractivity contribution in [3.63, 3.8) is 0 Å². The predicted molar refractivity (Wildman–Crippen MR) is 93.0 cm³/mol. The minimum absolute atomic E-state index is 0.477. The Balaban J connectivity index is 1.79. The van der Waals surface area contributed by atoms with Gasteiger partial charge in [0, 0.05) is 23.5 Å². The Bertz CT molecular complexity index is 705. The summed E-state index contributed by atoms with van der Waals surface area (Å²) < 4.78 is 11.7. The summed E-state index contributed by atoms with van der Waals surface area (Å²) in [5.41, 5.74) is 2.45. The summed E-state index contributed by atoms with van der Waals surface area (Å²) in [5, 5.41) is 1.26. The number of ether oxygens (including phenoxy) is 1. The van der Waals surface area contributed by atoms with Crippen LogP contribution in [-0.2, 0) is 6.42 Å². The molecule has 1 aromatic heterocycles. The Morgan fingerprint density at radius 3 is 2.83 bits per heavy atom. The summed E-state index contributed by atoms with van der Waals surface area (Å²) in [6.07, 6.45) is 6.18. The van der Waals surface area contributed by atoms with E-state index in [-0.39, 0.29) is 0 Å². The molecular weight excluding hydrogens is 286 g/mol. The number of nitrogens with zero attached hydrogens (tertiary/aromatic N) is 1. The van der Waals surface area contributed by atoms with Gasteiger partial charge >= 0.3 is 0 Å². The fourth-order valence-corrected chi connectivity index (χ4v) is 4.58. The van der Waals surface area contributed by atoms with Crippen molar-refractivity contribution >= 4 is 11.0 Å². The van der Waals surface area contributed by atoms with E-state index in [1.165, 1.54) is 48.9 Å². The maximum atomic E-state index is 6.32. The number of rotatable bonds is 3. The van der Waals surface area contributed by atoms with E-state index in [0.717, 1.165) is 23.7 Å². The first-order chi connectivity index (χ1) is 11.2. The molecule has 2 aliphatic heterocycles. The van der Waals surface area contributed by atoms with E-state index >= 15 is 0 Å². The Labute approximate surface area is 138 Å². The lowest BCUT2D eigenvalue weighted by atomic mass is 9.82. The molecule has 124 valence electrons. The predicted octanol–water partition coefficient (Wildman–Crippen LogP) is 4.94. The standard InChI is InChI=1S/C20H27NO2/c1-4-13-6-8-18-20-17(10-14(5-2)21(18)12-13)16-11-15(22-3)7-9-19(16)23-20/h7,9,11,13-14,18H,4-6,8,10,12H2,1-3H3/t13?,14-,18+/m1/s1. The molecular formula is C20H27NO2. The van der Waals surface area contributed by atoms with Crippen molar-refractivity contribution in [2.24, 2.45) is 5.92 Å².